The molecule has 0 N–H and O–H groups in total. The van der Waals surface area contributed by atoms with Gasteiger partial charge >= 0.3 is 6.18 Å². The average Bonchev–Trinajstić information content (AvgIpc) is 3.16. The number of halogens is 3. The first kappa shape index (κ1) is 16.6. The number of alkyl halides is 3. The molecule has 0 amide bonds. The first-order valence-corrected chi connectivity index (χ1v) is 9.15. The number of rotatable bonds is 3. The minimum Gasteiger partial charge on any atom is -0.346 e. The molecule has 2 aromatic heterocycles. The number of hydrogen-bond donors (Lipinski definition) is 0. The molecule has 1 saturated heterocycles. The lowest BCUT2D eigenvalue weighted by molar-refractivity contribution is -0.138. The summed E-state index contributed by atoms with van der Waals surface area (Å²) in [5, 5.41) is 9.61. The van der Waals surface area contributed by atoms with Gasteiger partial charge in [0.15, 0.2) is 0 Å². The first-order chi connectivity index (χ1) is 10.8. The maximum atomic E-state index is 12.7. The Kier molecular flexibility index (Phi) is 4.59. The van der Waals surface area contributed by atoms with Gasteiger partial charge in [-0.05, 0) is 18.8 Å². The molecule has 1 unspecified atom stereocenters. The second kappa shape index (κ2) is 6.35. The van der Waals surface area contributed by atoms with E-state index in [1.807, 2.05) is 4.90 Å². The van der Waals surface area contributed by atoms with E-state index in [9.17, 15) is 13.2 Å². The molecule has 2 aromatic rings. The third-order valence-corrected chi connectivity index (χ3v) is 5.88. The summed E-state index contributed by atoms with van der Waals surface area (Å²) in [5.74, 6) is 0.636. The molecular weight excluding hydrogens is 345 g/mol. The number of nitrogens with zero attached hydrogens (tertiary/aromatic N) is 4. The summed E-state index contributed by atoms with van der Waals surface area (Å²) < 4.78 is 38.0. The molecule has 3 rings (SSSR count). The van der Waals surface area contributed by atoms with Crippen molar-refractivity contribution in [1.29, 1.82) is 0 Å². The van der Waals surface area contributed by atoms with Crippen molar-refractivity contribution in [2.24, 2.45) is 0 Å². The highest BCUT2D eigenvalue weighted by Crippen LogP contribution is 2.37. The zero-order valence-corrected chi connectivity index (χ0v) is 14.4. The van der Waals surface area contributed by atoms with Crippen molar-refractivity contribution < 1.29 is 13.2 Å². The Hall–Kier alpha value is -1.22. The van der Waals surface area contributed by atoms with Crippen LogP contribution < -0.4 is 4.90 Å². The van der Waals surface area contributed by atoms with Gasteiger partial charge < -0.3 is 4.90 Å². The van der Waals surface area contributed by atoms with Crippen LogP contribution in [-0.4, -0.2) is 28.3 Å². The molecule has 4 nitrogen and oxygen atoms in total. The minimum atomic E-state index is -4.42. The number of hydrogen-bond acceptors (Lipinski definition) is 6. The van der Waals surface area contributed by atoms with Gasteiger partial charge in [0, 0.05) is 24.4 Å². The van der Waals surface area contributed by atoms with E-state index < -0.39 is 11.2 Å². The number of aromatic nitrogens is 3. The molecule has 23 heavy (non-hydrogen) atoms. The van der Waals surface area contributed by atoms with Crippen LogP contribution in [0.25, 0.3) is 0 Å². The number of thiazole rings is 1. The van der Waals surface area contributed by atoms with Crippen molar-refractivity contribution in [3.8, 4) is 0 Å². The van der Waals surface area contributed by atoms with Crippen LogP contribution in [0.2, 0.25) is 0 Å². The van der Waals surface area contributed by atoms with Crippen LogP contribution in [0.4, 0.5) is 18.3 Å². The predicted octanol–water partition coefficient (Wildman–Crippen LogP) is 4.52. The summed E-state index contributed by atoms with van der Waals surface area (Å²) in [4.78, 5) is 6.59. The van der Waals surface area contributed by atoms with E-state index >= 15 is 0 Å². The molecule has 3 heterocycles. The molecule has 1 aliphatic rings. The highest BCUT2D eigenvalue weighted by Gasteiger charge is 2.37. The SMILES string of the molecule is CC(C)c1csc(C2CCCN(c3nnc(C(F)(F)F)s3)C2)n1. The fourth-order valence-electron chi connectivity index (χ4n) is 2.56. The number of anilines is 1. The van der Waals surface area contributed by atoms with Gasteiger partial charge in [0.2, 0.25) is 10.1 Å². The monoisotopic (exact) mass is 362 g/mol. The molecule has 1 atom stereocenters. The van der Waals surface area contributed by atoms with Crippen molar-refractivity contribution >= 4 is 27.8 Å². The lowest BCUT2D eigenvalue weighted by atomic mass is 9.99. The third-order valence-electron chi connectivity index (χ3n) is 3.83. The molecule has 0 saturated carbocycles. The van der Waals surface area contributed by atoms with Gasteiger partial charge in [-0.25, -0.2) is 4.98 Å². The standard InChI is InChI=1S/C14H17F3N4S2/c1-8(2)10-7-22-11(18-10)9-4-3-5-21(6-9)13-20-19-12(23-13)14(15,16)17/h7-9H,3-6H2,1-2H3. The molecule has 9 heteroatoms. The van der Waals surface area contributed by atoms with Crippen molar-refractivity contribution in [2.75, 3.05) is 18.0 Å². The molecule has 0 aromatic carbocycles. The summed E-state index contributed by atoms with van der Waals surface area (Å²) in [7, 11) is 0. The largest absolute Gasteiger partial charge is 0.445 e. The topological polar surface area (TPSA) is 41.9 Å². The molecule has 0 bridgehead atoms. The quantitative estimate of drug-likeness (QED) is 0.805. The predicted molar refractivity (Wildman–Crippen MR) is 85.3 cm³/mol. The lowest BCUT2D eigenvalue weighted by Crippen LogP contribution is -2.34. The van der Waals surface area contributed by atoms with Crippen molar-refractivity contribution in [3.05, 3.63) is 21.1 Å². The van der Waals surface area contributed by atoms with Gasteiger partial charge in [-0.15, -0.1) is 21.5 Å². The van der Waals surface area contributed by atoms with Gasteiger partial charge in [0.25, 0.3) is 0 Å². The first-order valence-electron chi connectivity index (χ1n) is 7.45. The second-order valence-corrected chi connectivity index (χ2v) is 7.78. The summed E-state index contributed by atoms with van der Waals surface area (Å²) in [6.07, 6.45) is -2.50. The van der Waals surface area contributed by atoms with Gasteiger partial charge in [0.05, 0.1) is 10.7 Å². The summed E-state index contributed by atoms with van der Waals surface area (Å²) >= 11 is 2.26. The summed E-state index contributed by atoms with van der Waals surface area (Å²) in [6.45, 7) is 5.57. The molecule has 1 aliphatic heterocycles. The maximum absolute atomic E-state index is 12.7. The Bertz CT molecular complexity index is 665. The van der Waals surface area contributed by atoms with Crippen LogP contribution in [0.3, 0.4) is 0 Å². The van der Waals surface area contributed by atoms with E-state index in [-0.39, 0.29) is 5.92 Å². The Morgan fingerprint density at radius 1 is 1.30 bits per heavy atom. The molecule has 0 radical (unpaired) electrons. The van der Waals surface area contributed by atoms with E-state index in [1.54, 1.807) is 11.3 Å². The van der Waals surface area contributed by atoms with E-state index in [0.717, 1.165) is 23.5 Å². The van der Waals surface area contributed by atoms with E-state index in [2.05, 4.69) is 34.4 Å². The molecule has 1 fully saturated rings. The molecule has 0 aliphatic carbocycles. The fraction of sp³-hybridized carbons (Fsp3) is 0.643. The summed E-state index contributed by atoms with van der Waals surface area (Å²) in [5.41, 5.74) is 1.08. The average molecular weight is 362 g/mol. The molecule has 126 valence electrons. The van der Waals surface area contributed by atoms with Gasteiger partial charge in [0.1, 0.15) is 0 Å². The third kappa shape index (κ3) is 3.65. The molecular formula is C14H17F3N4S2. The van der Waals surface area contributed by atoms with E-state index in [4.69, 9.17) is 0 Å². The van der Waals surface area contributed by atoms with Crippen LogP contribution in [-0.2, 0) is 6.18 Å². The van der Waals surface area contributed by atoms with E-state index in [1.165, 1.54) is 0 Å². The zero-order valence-electron chi connectivity index (χ0n) is 12.8. The smallest absolute Gasteiger partial charge is 0.346 e. The van der Waals surface area contributed by atoms with Crippen LogP contribution in [0.1, 0.15) is 54.2 Å². The van der Waals surface area contributed by atoms with Gasteiger partial charge in [-0.3, -0.25) is 0 Å². The van der Waals surface area contributed by atoms with Gasteiger partial charge in [-0.2, -0.15) is 13.2 Å². The maximum Gasteiger partial charge on any atom is 0.445 e. The minimum absolute atomic E-state index is 0.250. The van der Waals surface area contributed by atoms with Crippen LogP contribution >= 0.6 is 22.7 Å². The van der Waals surface area contributed by atoms with E-state index in [0.29, 0.717) is 35.5 Å². The Morgan fingerprint density at radius 3 is 2.70 bits per heavy atom. The second-order valence-electron chi connectivity index (χ2n) is 5.94. The van der Waals surface area contributed by atoms with Crippen molar-refractivity contribution in [3.63, 3.8) is 0 Å². The normalized spacial score (nSPS) is 19.6. The Balaban J connectivity index is 1.74. The van der Waals surface area contributed by atoms with Crippen LogP contribution in [0.5, 0.6) is 0 Å². The van der Waals surface area contributed by atoms with Crippen molar-refractivity contribution in [1.82, 2.24) is 15.2 Å². The van der Waals surface area contributed by atoms with Crippen LogP contribution in [0.15, 0.2) is 5.38 Å². The lowest BCUT2D eigenvalue weighted by Gasteiger charge is -2.31. The van der Waals surface area contributed by atoms with Gasteiger partial charge in [-0.1, -0.05) is 25.2 Å². The highest BCUT2D eigenvalue weighted by molar-refractivity contribution is 7.15. The Labute approximate surface area is 140 Å². The Morgan fingerprint density at radius 2 is 2.09 bits per heavy atom. The van der Waals surface area contributed by atoms with Crippen molar-refractivity contribution in [2.45, 2.75) is 44.7 Å². The highest BCUT2D eigenvalue weighted by atomic mass is 32.1. The van der Waals surface area contributed by atoms with Crippen LogP contribution in [0, 0.1) is 0 Å². The number of piperidine rings is 1. The summed E-state index contributed by atoms with van der Waals surface area (Å²) in [6, 6.07) is 0. The molecule has 0 spiro atoms. The zero-order chi connectivity index (χ0) is 16.6. The fourth-order valence-corrected chi connectivity index (χ4v) is 4.42.